The van der Waals surface area contributed by atoms with Crippen LogP contribution in [0.25, 0.3) is 0 Å². The fourth-order valence-electron chi connectivity index (χ4n) is 2.80. The molecule has 0 aliphatic heterocycles. The monoisotopic (exact) mass is 387 g/mol. The van der Waals surface area contributed by atoms with Crippen molar-refractivity contribution in [1.29, 1.82) is 0 Å². The number of ether oxygens (including phenoxy) is 2. The van der Waals surface area contributed by atoms with Gasteiger partial charge in [-0.2, -0.15) is 0 Å². The van der Waals surface area contributed by atoms with Crippen LogP contribution < -0.4 is 15.4 Å². The highest BCUT2D eigenvalue weighted by Crippen LogP contribution is 2.20. The van der Waals surface area contributed by atoms with E-state index < -0.39 is 5.97 Å². The first-order chi connectivity index (χ1) is 13.5. The number of aryl methyl sites for hydroxylation is 1. The lowest BCUT2D eigenvalue weighted by molar-refractivity contribution is 0.0597. The summed E-state index contributed by atoms with van der Waals surface area (Å²) in [5.41, 5.74) is 3.28. The Balaban J connectivity index is 1.92. The molecule has 0 saturated heterocycles. The number of carbonyl (C=O) groups is 1. The summed E-state index contributed by atoms with van der Waals surface area (Å²) in [4.78, 5) is 16.1. The SMILES string of the molecule is CN=C(NCCc1ccc(F)cc1C)NCc1ccc(OC)c(C(=O)OC)c1. The molecule has 0 bridgehead atoms. The Morgan fingerprint density at radius 3 is 2.57 bits per heavy atom. The van der Waals surface area contributed by atoms with Gasteiger partial charge in [-0.15, -0.1) is 0 Å². The van der Waals surface area contributed by atoms with Gasteiger partial charge in [-0.3, -0.25) is 4.99 Å². The largest absolute Gasteiger partial charge is 0.496 e. The normalized spacial score (nSPS) is 11.1. The quantitative estimate of drug-likeness (QED) is 0.434. The van der Waals surface area contributed by atoms with Gasteiger partial charge in [-0.1, -0.05) is 12.1 Å². The van der Waals surface area contributed by atoms with Crippen LogP contribution in [0.5, 0.6) is 5.75 Å². The standard InChI is InChI=1S/C21H26FN3O3/c1-14-11-17(22)7-6-16(14)9-10-24-21(23-2)25-13-15-5-8-19(27-3)18(12-15)20(26)28-4/h5-8,11-12H,9-10,13H2,1-4H3,(H2,23,24,25). The minimum atomic E-state index is -0.448. The van der Waals surface area contributed by atoms with Gasteiger partial charge < -0.3 is 20.1 Å². The van der Waals surface area contributed by atoms with Crippen LogP contribution in [-0.2, 0) is 17.7 Å². The summed E-state index contributed by atoms with van der Waals surface area (Å²) in [6.07, 6.45) is 0.752. The molecule has 0 amide bonds. The van der Waals surface area contributed by atoms with E-state index in [2.05, 4.69) is 15.6 Å². The number of guanidine groups is 1. The highest BCUT2D eigenvalue weighted by Gasteiger charge is 2.13. The Morgan fingerprint density at radius 2 is 1.93 bits per heavy atom. The average molecular weight is 387 g/mol. The van der Waals surface area contributed by atoms with E-state index in [9.17, 15) is 9.18 Å². The van der Waals surface area contributed by atoms with Crippen molar-refractivity contribution in [3.05, 3.63) is 64.5 Å². The summed E-state index contributed by atoms with van der Waals surface area (Å²) in [7, 11) is 4.53. The van der Waals surface area contributed by atoms with Crippen LogP contribution in [0.15, 0.2) is 41.4 Å². The summed E-state index contributed by atoms with van der Waals surface area (Å²) in [6, 6.07) is 10.1. The molecular weight excluding hydrogens is 361 g/mol. The molecular formula is C21H26FN3O3. The molecule has 0 aliphatic carbocycles. The highest BCUT2D eigenvalue weighted by molar-refractivity contribution is 5.92. The van der Waals surface area contributed by atoms with E-state index in [-0.39, 0.29) is 5.82 Å². The highest BCUT2D eigenvalue weighted by atomic mass is 19.1. The van der Waals surface area contributed by atoms with Crippen LogP contribution in [-0.4, -0.2) is 39.7 Å². The molecule has 28 heavy (non-hydrogen) atoms. The second-order valence-electron chi connectivity index (χ2n) is 6.20. The van der Waals surface area contributed by atoms with Gasteiger partial charge in [0.25, 0.3) is 0 Å². The van der Waals surface area contributed by atoms with Crippen LogP contribution in [0, 0.1) is 12.7 Å². The molecule has 0 heterocycles. The number of hydrogen-bond acceptors (Lipinski definition) is 4. The molecule has 150 valence electrons. The molecule has 0 radical (unpaired) electrons. The maximum absolute atomic E-state index is 13.2. The van der Waals surface area contributed by atoms with E-state index in [4.69, 9.17) is 9.47 Å². The zero-order chi connectivity index (χ0) is 20.5. The van der Waals surface area contributed by atoms with E-state index in [1.807, 2.05) is 13.0 Å². The Bertz CT molecular complexity index is 853. The van der Waals surface area contributed by atoms with E-state index in [0.29, 0.717) is 30.4 Å². The second kappa shape index (κ2) is 10.3. The predicted molar refractivity (Wildman–Crippen MR) is 107 cm³/mol. The van der Waals surface area contributed by atoms with E-state index in [1.54, 1.807) is 25.2 Å². The zero-order valence-corrected chi connectivity index (χ0v) is 16.6. The summed E-state index contributed by atoms with van der Waals surface area (Å²) in [6.45, 7) is 3.03. The molecule has 0 aromatic heterocycles. The van der Waals surface area contributed by atoms with Crippen LogP contribution in [0.4, 0.5) is 4.39 Å². The van der Waals surface area contributed by atoms with Gasteiger partial charge in [0.1, 0.15) is 17.1 Å². The van der Waals surface area contributed by atoms with Gasteiger partial charge in [0.2, 0.25) is 0 Å². The lowest BCUT2D eigenvalue weighted by atomic mass is 10.1. The van der Waals surface area contributed by atoms with Crippen LogP contribution in [0.1, 0.15) is 27.0 Å². The van der Waals surface area contributed by atoms with Crippen molar-refractivity contribution in [3.63, 3.8) is 0 Å². The van der Waals surface area contributed by atoms with Gasteiger partial charge in [-0.25, -0.2) is 9.18 Å². The third-order valence-electron chi connectivity index (χ3n) is 4.34. The molecule has 0 saturated carbocycles. The number of aliphatic imine (C=N–C) groups is 1. The van der Waals surface area contributed by atoms with Crippen LogP contribution in [0.2, 0.25) is 0 Å². The van der Waals surface area contributed by atoms with Crippen molar-refractivity contribution in [2.45, 2.75) is 19.9 Å². The van der Waals surface area contributed by atoms with Crippen molar-refractivity contribution in [1.82, 2.24) is 10.6 Å². The molecule has 0 spiro atoms. The fourth-order valence-corrected chi connectivity index (χ4v) is 2.80. The van der Waals surface area contributed by atoms with Crippen molar-refractivity contribution < 1.29 is 18.7 Å². The lowest BCUT2D eigenvalue weighted by Gasteiger charge is -2.14. The first-order valence-electron chi connectivity index (χ1n) is 8.93. The molecule has 2 rings (SSSR count). The summed E-state index contributed by atoms with van der Waals surface area (Å²) in [5.74, 6) is 0.427. The van der Waals surface area contributed by atoms with Gasteiger partial charge >= 0.3 is 5.97 Å². The number of hydrogen-bond donors (Lipinski definition) is 2. The molecule has 2 aromatic carbocycles. The van der Waals surface area contributed by atoms with Crippen molar-refractivity contribution >= 4 is 11.9 Å². The third kappa shape index (κ3) is 5.70. The number of benzene rings is 2. The molecule has 0 atom stereocenters. The van der Waals surface area contributed by atoms with E-state index in [1.165, 1.54) is 26.4 Å². The predicted octanol–water partition coefficient (Wildman–Crippen LogP) is 2.84. The van der Waals surface area contributed by atoms with Crippen LogP contribution >= 0.6 is 0 Å². The first-order valence-corrected chi connectivity index (χ1v) is 8.93. The Labute approximate surface area is 164 Å². The minimum Gasteiger partial charge on any atom is -0.496 e. The minimum absolute atomic E-state index is 0.225. The molecule has 0 unspecified atom stereocenters. The summed E-state index contributed by atoms with van der Waals surface area (Å²) < 4.78 is 23.2. The molecule has 7 heteroatoms. The first kappa shape index (κ1) is 21.2. The Morgan fingerprint density at radius 1 is 1.14 bits per heavy atom. The fraction of sp³-hybridized carbons (Fsp3) is 0.333. The van der Waals surface area contributed by atoms with E-state index in [0.717, 1.165) is 23.1 Å². The number of nitrogens with one attached hydrogen (secondary N) is 2. The average Bonchev–Trinajstić information content (AvgIpc) is 2.71. The maximum Gasteiger partial charge on any atom is 0.341 e. The number of nitrogens with zero attached hydrogens (tertiary/aromatic N) is 1. The van der Waals surface area contributed by atoms with Gasteiger partial charge in [-0.05, 0) is 54.3 Å². The lowest BCUT2D eigenvalue weighted by Crippen LogP contribution is -2.37. The molecule has 2 N–H and O–H groups in total. The Hall–Kier alpha value is -3.09. The smallest absolute Gasteiger partial charge is 0.341 e. The Kier molecular flexibility index (Phi) is 7.80. The van der Waals surface area contributed by atoms with Crippen molar-refractivity contribution in [3.8, 4) is 5.75 Å². The number of halogens is 1. The van der Waals surface area contributed by atoms with Crippen molar-refractivity contribution in [2.75, 3.05) is 27.8 Å². The molecule has 0 aliphatic rings. The molecule has 6 nitrogen and oxygen atoms in total. The molecule has 0 fully saturated rings. The van der Waals surface area contributed by atoms with Gasteiger partial charge in [0, 0.05) is 20.1 Å². The number of carbonyl (C=O) groups excluding carboxylic acids is 1. The van der Waals surface area contributed by atoms with E-state index >= 15 is 0 Å². The summed E-state index contributed by atoms with van der Waals surface area (Å²) in [5, 5.41) is 6.43. The van der Waals surface area contributed by atoms with Gasteiger partial charge in [0.05, 0.1) is 14.2 Å². The third-order valence-corrected chi connectivity index (χ3v) is 4.34. The topological polar surface area (TPSA) is 72.0 Å². The zero-order valence-electron chi connectivity index (χ0n) is 16.6. The maximum atomic E-state index is 13.2. The number of rotatable bonds is 7. The van der Waals surface area contributed by atoms with Gasteiger partial charge in [0.15, 0.2) is 5.96 Å². The van der Waals surface area contributed by atoms with Crippen molar-refractivity contribution in [2.24, 2.45) is 4.99 Å². The van der Waals surface area contributed by atoms with Crippen LogP contribution in [0.3, 0.4) is 0 Å². The second-order valence-corrected chi connectivity index (χ2v) is 6.20. The molecule has 2 aromatic rings. The summed E-state index contributed by atoms with van der Waals surface area (Å²) >= 11 is 0. The number of esters is 1. The number of methoxy groups -OCH3 is 2.